The minimum atomic E-state index is -1.91. The molecule has 13 N–H and O–H groups in total. The van der Waals surface area contributed by atoms with Crippen molar-refractivity contribution in [2.75, 3.05) is 39.4 Å². The molecule has 2 aromatic rings. The van der Waals surface area contributed by atoms with Crippen molar-refractivity contribution in [2.24, 2.45) is 0 Å². The van der Waals surface area contributed by atoms with E-state index in [4.69, 9.17) is 23.7 Å². The van der Waals surface area contributed by atoms with E-state index >= 15 is 0 Å². The first-order valence-electron chi connectivity index (χ1n) is 18.6. The minimum Gasteiger partial charge on any atom is -0.504 e. The minimum absolute atomic E-state index is 0.00346. The van der Waals surface area contributed by atoms with Gasteiger partial charge in [0.25, 0.3) is 0 Å². The number of rotatable bonds is 6. The van der Waals surface area contributed by atoms with Gasteiger partial charge in [-0.15, -0.1) is 0 Å². The smallest absolute Gasteiger partial charge is 0.244 e. The maximum absolute atomic E-state index is 12.8. The number of phenols is 2. The first-order valence-corrected chi connectivity index (χ1v) is 18.6. The van der Waals surface area contributed by atoms with Gasteiger partial charge in [-0.1, -0.05) is 6.07 Å². The lowest BCUT2D eigenvalue weighted by Gasteiger charge is -2.45. The number of amides is 2. The second-order valence-corrected chi connectivity index (χ2v) is 13.8. The average molecular weight is 795 g/mol. The molecule has 5 rings (SSSR count). The number of aliphatic hydroxyl groups excluding tert-OH is 7. The van der Waals surface area contributed by atoms with Gasteiger partial charge in [-0.25, -0.2) is 0 Å². The summed E-state index contributed by atoms with van der Waals surface area (Å²) >= 11 is 0. The lowest BCUT2D eigenvalue weighted by atomic mass is 9.97. The van der Waals surface area contributed by atoms with Gasteiger partial charge in [0, 0.05) is 38.1 Å². The van der Waals surface area contributed by atoms with Gasteiger partial charge in [0.05, 0.1) is 26.3 Å². The van der Waals surface area contributed by atoms with Crippen LogP contribution in [0.1, 0.15) is 36.8 Å². The van der Waals surface area contributed by atoms with Crippen LogP contribution in [0, 0.1) is 0 Å². The van der Waals surface area contributed by atoms with E-state index in [9.17, 15) is 55.5 Å². The molecule has 10 atom stereocenters. The number of nitrogens with two attached hydrogens (primary N) is 1. The summed E-state index contributed by atoms with van der Waals surface area (Å²) in [5.41, 5.74) is 0.816. The molecule has 2 bridgehead atoms. The molecule has 3 aliphatic heterocycles. The quantitative estimate of drug-likeness (QED) is 0.137. The Morgan fingerprint density at radius 1 is 0.714 bits per heavy atom. The molecule has 0 radical (unpaired) electrons. The van der Waals surface area contributed by atoms with Gasteiger partial charge in [0.15, 0.2) is 29.3 Å². The predicted octanol–water partition coefficient (Wildman–Crippen LogP) is -3.18. The SMILES string of the molecule is O=C1/C=C/c2ccc(O)c(c2)Oc2cc(O[C@@H]3O[C@H](CO)[C@@H](O)[C@H](O[C@@H]4O[C@H](CO)[C@@H](O)[C@H](O)[C@H]4O)[C@H]3O)c(O)cc2CCC(=O)NCCCC[NH2+]CCCN1. The highest BCUT2D eigenvalue weighted by atomic mass is 16.7. The van der Waals surface area contributed by atoms with Crippen molar-refractivity contribution in [2.45, 2.75) is 93.5 Å². The molecule has 56 heavy (non-hydrogen) atoms. The van der Waals surface area contributed by atoms with Crippen molar-refractivity contribution in [3.63, 3.8) is 0 Å². The van der Waals surface area contributed by atoms with Gasteiger partial charge in [-0.3, -0.25) is 9.59 Å². The van der Waals surface area contributed by atoms with Crippen LogP contribution in [0.2, 0.25) is 0 Å². The van der Waals surface area contributed by atoms with E-state index < -0.39 is 80.4 Å². The molecular formula is C37H52N3O16+. The largest absolute Gasteiger partial charge is 0.504 e. The van der Waals surface area contributed by atoms with Crippen LogP contribution in [-0.4, -0.2) is 159 Å². The molecule has 2 aromatic carbocycles. The van der Waals surface area contributed by atoms with Crippen LogP contribution in [0.4, 0.5) is 0 Å². The molecule has 19 nitrogen and oxygen atoms in total. The zero-order valence-corrected chi connectivity index (χ0v) is 30.6. The van der Waals surface area contributed by atoms with E-state index in [-0.39, 0.29) is 47.7 Å². The highest BCUT2D eigenvalue weighted by Gasteiger charge is 2.51. The van der Waals surface area contributed by atoms with E-state index in [0.717, 1.165) is 32.4 Å². The van der Waals surface area contributed by atoms with Crippen molar-refractivity contribution in [3.05, 3.63) is 47.5 Å². The van der Waals surface area contributed by atoms with E-state index in [1.807, 2.05) is 0 Å². The Morgan fingerprint density at radius 3 is 2.20 bits per heavy atom. The molecule has 3 heterocycles. The van der Waals surface area contributed by atoms with Crippen LogP contribution in [0.25, 0.3) is 6.08 Å². The van der Waals surface area contributed by atoms with Gasteiger partial charge in [-0.05, 0) is 54.7 Å². The Hall–Kier alpha value is -4.12. The third kappa shape index (κ3) is 11.0. The number of hydrogen-bond donors (Lipinski definition) is 12. The van der Waals surface area contributed by atoms with Gasteiger partial charge in [0.1, 0.15) is 54.6 Å². The summed E-state index contributed by atoms with van der Waals surface area (Å²) in [5.74, 6) is -1.71. The van der Waals surface area contributed by atoms with E-state index in [1.165, 1.54) is 36.4 Å². The van der Waals surface area contributed by atoms with Crippen molar-refractivity contribution in [3.8, 4) is 28.7 Å². The van der Waals surface area contributed by atoms with Crippen LogP contribution in [0.3, 0.4) is 0 Å². The van der Waals surface area contributed by atoms with Crippen molar-refractivity contribution in [1.82, 2.24) is 10.6 Å². The summed E-state index contributed by atoms with van der Waals surface area (Å²) in [7, 11) is 0. The molecule has 310 valence electrons. The molecule has 0 unspecified atom stereocenters. The number of carbonyl (C=O) groups is 2. The number of aryl methyl sites for hydroxylation is 1. The lowest BCUT2D eigenvalue weighted by Crippen LogP contribution is -2.84. The van der Waals surface area contributed by atoms with E-state index in [1.54, 1.807) is 6.07 Å². The molecule has 0 saturated carbocycles. The van der Waals surface area contributed by atoms with Crippen molar-refractivity contribution >= 4 is 17.9 Å². The number of phenolic OH excluding ortho intramolecular Hbond substituents is 2. The second-order valence-electron chi connectivity index (χ2n) is 13.8. The number of hydrogen-bond acceptors (Lipinski definition) is 16. The van der Waals surface area contributed by atoms with Gasteiger partial charge >= 0.3 is 0 Å². The topological polar surface area (TPSA) is 303 Å². The fourth-order valence-electron chi connectivity index (χ4n) is 6.39. The van der Waals surface area contributed by atoms with E-state index in [0.29, 0.717) is 24.2 Å². The molecular weight excluding hydrogens is 742 g/mol. The summed E-state index contributed by atoms with van der Waals surface area (Å²) in [6.45, 7) is 1.09. The van der Waals surface area contributed by atoms with Crippen LogP contribution in [0.5, 0.6) is 28.7 Å². The fourth-order valence-corrected chi connectivity index (χ4v) is 6.39. The maximum Gasteiger partial charge on any atom is 0.244 e. The Morgan fingerprint density at radius 2 is 1.43 bits per heavy atom. The number of ether oxygens (including phenoxy) is 5. The molecule has 19 heteroatoms. The van der Waals surface area contributed by atoms with Crippen LogP contribution < -0.4 is 25.4 Å². The van der Waals surface area contributed by atoms with Gasteiger partial charge < -0.3 is 85.6 Å². The van der Waals surface area contributed by atoms with Crippen LogP contribution in [0.15, 0.2) is 36.4 Å². The fraction of sp³-hybridized carbons (Fsp3) is 0.568. The first kappa shape index (κ1) is 43.0. The monoisotopic (exact) mass is 794 g/mol. The Balaban J connectivity index is 1.42. The van der Waals surface area contributed by atoms with Gasteiger partial charge in [0.2, 0.25) is 18.1 Å². The Labute approximate surface area is 322 Å². The third-order valence-corrected chi connectivity index (χ3v) is 9.64. The zero-order valence-electron chi connectivity index (χ0n) is 30.6. The highest BCUT2D eigenvalue weighted by molar-refractivity contribution is 5.91. The third-order valence-electron chi connectivity index (χ3n) is 9.64. The zero-order chi connectivity index (χ0) is 40.4. The number of fused-ring (bicyclic) bond motifs is 3. The molecule has 2 amide bonds. The number of aromatic hydroxyl groups is 2. The maximum atomic E-state index is 12.8. The average Bonchev–Trinajstić information content (AvgIpc) is 3.18. The molecule has 3 aliphatic rings. The normalized spacial score (nSPS) is 32.0. The number of nitrogens with one attached hydrogen (secondary N) is 2. The Bertz CT molecular complexity index is 1640. The van der Waals surface area contributed by atoms with Crippen molar-refractivity contribution in [1.29, 1.82) is 0 Å². The van der Waals surface area contributed by atoms with Crippen LogP contribution >= 0.6 is 0 Å². The predicted molar refractivity (Wildman–Crippen MR) is 192 cm³/mol. The lowest BCUT2D eigenvalue weighted by molar-refractivity contribution is -0.655. The van der Waals surface area contributed by atoms with Crippen molar-refractivity contribution < 1.29 is 84.5 Å². The van der Waals surface area contributed by atoms with Crippen LogP contribution in [-0.2, 0) is 30.2 Å². The number of aliphatic hydroxyl groups is 7. The molecule has 0 spiro atoms. The summed E-state index contributed by atoms with van der Waals surface area (Å²) in [6.07, 6.45) is -11.8. The second kappa shape index (κ2) is 20.3. The summed E-state index contributed by atoms with van der Waals surface area (Å²) in [6, 6.07) is 6.86. The first-order chi connectivity index (χ1) is 26.9. The molecule has 0 aliphatic carbocycles. The standard InChI is InChI=1S/C37H51N3O16/c41-17-26-30(47)32(49)33(50)36(54-26)56-35-31(48)27(18-42)55-37(34(35)51)53-25-16-23-20(15-22(25)44)6-9-29(46)39-12-2-1-10-38-11-3-13-40-28(45)8-5-19-4-7-21(43)24(14-19)52-23/h4-5,7-8,14-16,26-27,30-38,41-44,47-51H,1-3,6,9-13,17-18H2,(H,39,46)(H,40,45)/p+1/b8-5+/t26-,27-,30-,31-,32+,33-,34-,35+,36+,37-/m1/s1. The Kier molecular flexibility index (Phi) is 15.6. The highest BCUT2D eigenvalue weighted by Crippen LogP contribution is 2.41. The number of carbonyl (C=O) groups excluding carboxylic acids is 2. The summed E-state index contributed by atoms with van der Waals surface area (Å²) in [4.78, 5) is 25.2. The molecule has 2 saturated heterocycles. The summed E-state index contributed by atoms with van der Waals surface area (Å²) < 4.78 is 28.6. The van der Waals surface area contributed by atoms with Gasteiger partial charge in [-0.2, -0.15) is 0 Å². The molecule has 0 aromatic heterocycles. The number of quaternary nitrogens is 1. The number of benzene rings is 2. The van der Waals surface area contributed by atoms with E-state index in [2.05, 4.69) is 16.0 Å². The summed E-state index contributed by atoms with van der Waals surface area (Å²) in [5, 5.41) is 102. The molecule has 2 fully saturated rings.